The monoisotopic (exact) mass is 576 g/mol. The number of amidine groups is 1. The highest BCUT2D eigenvalue weighted by atomic mass is 79.9. The van der Waals surface area contributed by atoms with Gasteiger partial charge in [0.25, 0.3) is 5.91 Å². The lowest BCUT2D eigenvalue weighted by Crippen LogP contribution is -2.23. The predicted molar refractivity (Wildman–Crippen MR) is 141 cm³/mol. The molecule has 0 atom stereocenters. The van der Waals surface area contributed by atoms with E-state index < -0.39 is 11.9 Å². The fourth-order valence-corrected chi connectivity index (χ4v) is 4.69. The van der Waals surface area contributed by atoms with Gasteiger partial charge in [-0.05, 0) is 83.5 Å². The van der Waals surface area contributed by atoms with E-state index in [4.69, 9.17) is 18.9 Å². The maximum atomic E-state index is 12.9. The summed E-state index contributed by atoms with van der Waals surface area (Å²) in [4.78, 5) is 43.0. The summed E-state index contributed by atoms with van der Waals surface area (Å²) in [5, 5.41) is 0.465. The molecule has 0 saturated carbocycles. The van der Waals surface area contributed by atoms with Crippen LogP contribution in [-0.4, -0.2) is 61.9 Å². The van der Waals surface area contributed by atoms with Crippen molar-refractivity contribution in [3.05, 3.63) is 56.9 Å². The van der Waals surface area contributed by atoms with Crippen LogP contribution in [0.4, 0.5) is 5.69 Å². The number of esters is 2. The Labute approximate surface area is 221 Å². The van der Waals surface area contributed by atoms with Gasteiger partial charge in [0.05, 0.1) is 41.0 Å². The number of amides is 1. The number of hydrogen-bond donors (Lipinski definition) is 0. The topological polar surface area (TPSA) is 104 Å². The van der Waals surface area contributed by atoms with E-state index in [2.05, 4.69) is 20.9 Å². The first-order valence-electron chi connectivity index (χ1n) is 11.0. The molecule has 1 fully saturated rings. The molecule has 36 heavy (non-hydrogen) atoms. The maximum Gasteiger partial charge on any atom is 0.344 e. The number of benzene rings is 2. The van der Waals surface area contributed by atoms with Gasteiger partial charge in [0, 0.05) is 7.05 Å². The van der Waals surface area contributed by atoms with Crippen LogP contribution in [0, 0.1) is 0 Å². The molecule has 1 aliphatic rings. The molecule has 0 aromatic heterocycles. The van der Waals surface area contributed by atoms with Crippen LogP contribution in [0.25, 0.3) is 6.08 Å². The minimum Gasteiger partial charge on any atom is -0.493 e. The van der Waals surface area contributed by atoms with Gasteiger partial charge in [-0.1, -0.05) is 6.07 Å². The second-order valence-electron chi connectivity index (χ2n) is 7.27. The average Bonchev–Trinajstić information content (AvgIpc) is 3.11. The van der Waals surface area contributed by atoms with Crippen LogP contribution in [0.1, 0.15) is 29.8 Å². The van der Waals surface area contributed by atoms with Crippen LogP contribution in [0.15, 0.2) is 50.8 Å². The molecule has 9 nitrogen and oxygen atoms in total. The molecule has 1 aliphatic heterocycles. The molecule has 1 saturated heterocycles. The van der Waals surface area contributed by atoms with Gasteiger partial charge in [-0.2, -0.15) is 0 Å². The first-order valence-corrected chi connectivity index (χ1v) is 12.6. The third-order valence-electron chi connectivity index (χ3n) is 4.77. The normalized spacial score (nSPS) is 15.4. The van der Waals surface area contributed by atoms with Gasteiger partial charge >= 0.3 is 11.9 Å². The molecule has 0 bridgehead atoms. The molecule has 1 amide bonds. The van der Waals surface area contributed by atoms with Gasteiger partial charge in [0.15, 0.2) is 23.3 Å². The molecule has 0 unspecified atom stereocenters. The molecule has 1 heterocycles. The van der Waals surface area contributed by atoms with Gasteiger partial charge in [0.2, 0.25) is 0 Å². The van der Waals surface area contributed by atoms with Gasteiger partial charge in [0.1, 0.15) is 0 Å². The van der Waals surface area contributed by atoms with Gasteiger partial charge in [-0.25, -0.2) is 14.6 Å². The molecule has 0 radical (unpaired) electrons. The van der Waals surface area contributed by atoms with E-state index in [1.807, 2.05) is 0 Å². The van der Waals surface area contributed by atoms with Crippen molar-refractivity contribution in [2.24, 2.45) is 4.99 Å². The van der Waals surface area contributed by atoms with Crippen molar-refractivity contribution in [3.63, 3.8) is 0 Å². The minimum absolute atomic E-state index is 0.224. The van der Waals surface area contributed by atoms with Crippen LogP contribution >= 0.6 is 27.7 Å². The number of aliphatic imine (C=N–C) groups is 1. The maximum absolute atomic E-state index is 12.9. The highest BCUT2D eigenvalue weighted by molar-refractivity contribution is 9.10. The van der Waals surface area contributed by atoms with Crippen LogP contribution < -0.4 is 9.47 Å². The van der Waals surface area contributed by atoms with Crippen LogP contribution in [0.2, 0.25) is 0 Å². The summed E-state index contributed by atoms with van der Waals surface area (Å²) in [6.45, 7) is 3.73. The van der Waals surface area contributed by atoms with Crippen molar-refractivity contribution in [1.29, 1.82) is 0 Å². The van der Waals surface area contributed by atoms with Gasteiger partial charge in [-0.3, -0.25) is 9.69 Å². The quantitative estimate of drug-likeness (QED) is 0.309. The molecule has 2 aromatic carbocycles. The van der Waals surface area contributed by atoms with Crippen molar-refractivity contribution in [2.75, 3.05) is 34.0 Å². The zero-order chi connectivity index (χ0) is 26.2. The Kier molecular flexibility index (Phi) is 9.54. The molecule has 11 heteroatoms. The van der Waals surface area contributed by atoms with Gasteiger partial charge in [-0.15, -0.1) is 0 Å². The fraction of sp³-hybridized carbons (Fsp3) is 0.280. The van der Waals surface area contributed by atoms with E-state index >= 15 is 0 Å². The summed E-state index contributed by atoms with van der Waals surface area (Å²) < 4.78 is 21.5. The predicted octanol–water partition coefficient (Wildman–Crippen LogP) is 4.81. The zero-order valence-corrected chi connectivity index (χ0v) is 22.6. The van der Waals surface area contributed by atoms with E-state index in [0.29, 0.717) is 42.9 Å². The zero-order valence-electron chi connectivity index (χ0n) is 20.2. The SMILES string of the molecule is CCOC(=O)COc1c(Br)cc(C=C2SC(=Nc3cccc(C(=O)OCC)c3)N(C)C2=O)cc1OC. The number of halogens is 1. The Hall–Kier alpha value is -3.31. The Bertz CT molecular complexity index is 1230. The summed E-state index contributed by atoms with van der Waals surface area (Å²) >= 11 is 4.65. The Morgan fingerprint density at radius 2 is 1.89 bits per heavy atom. The molecular weight excluding hydrogens is 552 g/mol. The summed E-state index contributed by atoms with van der Waals surface area (Å²) in [5.41, 5.74) is 1.59. The van der Waals surface area contributed by atoms with Gasteiger partial charge < -0.3 is 18.9 Å². The Morgan fingerprint density at radius 1 is 1.14 bits per heavy atom. The lowest BCUT2D eigenvalue weighted by Gasteiger charge is -2.13. The third-order valence-corrected chi connectivity index (χ3v) is 6.42. The first-order chi connectivity index (χ1) is 17.3. The van der Waals surface area contributed by atoms with Crippen molar-refractivity contribution >= 4 is 62.5 Å². The highest BCUT2D eigenvalue weighted by Crippen LogP contribution is 2.39. The second kappa shape index (κ2) is 12.6. The van der Waals surface area contributed by atoms with E-state index in [9.17, 15) is 14.4 Å². The van der Waals surface area contributed by atoms with E-state index in [1.165, 1.54) is 23.8 Å². The standard InChI is InChI=1S/C25H25BrN2O7S/c1-5-33-21(29)14-35-22-18(26)10-15(11-19(22)32-4)12-20-23(30)28(3)25(36-20)27-17-9-7-8-16(13-17)24(31)34-6-2/h7-13H,5-6,14H2,1-4H3. The molecule has 3 rings (SSSR count). The summed E-state index contributed by atoms with van der Waals surface area (Å²) in [7, 11) is 3.11. The smallest absolute Gasteiger partial charge is 0.344 e. The molecule has 0 aliphatic carbocycles. The molecule has 190 valence electrons. The van der Waals surface area contributed by atoms with E-state index in [-0.39, 0.29) is 25.7 Å². The number of hydrogen-bond acceptors (Lipinski definition) is 9. The van der Waals surface area contributed by atoms with Crippen molar-refractivity contribution < 1.29 is 33.3 Å². The first kappa shape index (κ1) is 27.3. The number of thioether (sulfide) groups is 1. The molecule has 0 N–H and O–H groups in total. The van der Waals surface area contributed by atoms with E-state index in [0.717, 1.165) is 0 Å². The average molecular weight is 577 g/mol. The lowest BCUT2D eigenvalue weighted by molar-refractivity contribution is -0.145. The summed E-state index contributed by atoms with van der Waals surface area (Å²) in [5.74, 6) is -0.419. The van der Waals surface area contributed by atoms with Crippen LogP contribution in [0.3, 0.4) is 0 Å². The van der Waals surface area contributed by atoms with Crippen LogP contribution in [0.5, 0.6) is 11.5 Å². The van der Waals surface area contributed by atoms with Crippen molar-refractivity contribution in [2.45, 2.75) is 13.8 Å². The number of carbonyl (C=O) groups is 3. The Morgan fingerprint density at radius 3 is 2.58 bits per heavy atom. The number of methoxy groups -OCH3 is 1. The van der Waals surface area contributed by atoms with Crippen molar-refractivity contribution in [3.8, 4) is 11.5 Å². The number of rotatable bonds is 9. The number of carbonyl (C=O) groups excluding carboxylic acids is 3. The van der Waals surface area contributed by atoms with Crippen LogP contribution in [-0.2, 0) is 19.1 Å². The van der Waals surface area contributed by atoms with Crippen molar-refractivity contribution in [1.82, 2.24) is 4.90 Å². The minimum atomic E-state index is -0.492. The number of likely N-dealkylation sites (N-methyl/N-ethyl adjacent to an activating group) is 1. The summed E-state index contributed by atoms with van der Waals surface area (Å²) in [6.07, 6.45) is 1.71. The molecule has 0 spiro atoms. The highest BCUT2D eigenvalue weighted by Gasteiger charge is 2.30. The molecular formula is C25H25BrN2O7S. The lowest BCUT2D eigenvalue weighted by atomic mass is 10.2. The largest absolute Gasteiger partial charge is 0.493 e. The molecule has 2 aromatic rings. The number of ether oxygens (including phenoxy) is 4. The third kappa shape index (κ3) is 6.67. The Balaban J connectivity index is 1.84. The number of nitrogens with zero attached hydrogens (tertiary/aromatic N) is 2. The second-order valence-corrected chi connectivity index (χ2v) is 9.13. The van der Waals surface area contributed by atoms with E-state index in [1.54, 1.807) is 63.4 Å². The summed E-state index contributed by atoms with van der Waals surface area (Å²) in [6, 6.07) is 10.2. The fourth-order valence-electron chi connectivity index (χ4n) is 3.13.